The second-order valence-electron chi connectivity index (χ2n) is 1.66. The van der Waals surface area contributed by atoms with Crippen molar-refractivity contribution < 1.29 is 20.1 Å². The number of rotatable bonds is 0. The summed E-state index contributed by atoms with van der Waals surface area (Å²) in [7, 11) is 0. The second-order valence-corrected chi connectivity index (χ2v) is 1.66. The Balaban J connectivity index is 2.73. The van der Waals surface area contributed by atoms with Gasteiger partial charge in [0.2, 0.25) is 0 Å². The first kappa shape index (κ1) is 6.47. The third kappa shape index (κ3) is 1.18. The number of aliphatic hydroxyl groups is 3. The van der Waals surface area contributed by atoms with Crippen molar-refractivity contribution in [3.8, 4) is 0 Å². The van der Waals surface area contributed by atoms with Crippen molar-refractivity contribution in [3.05, 3.63) is 0 Å². The first-order valence-electron chi connectivity index (χ1n) is 2.45. The van der Waals surface area contributed by atoms with Crippen LogP contribution in [0.1, 0.15) is 0 Å². The third-order valence-corrected chi connectivity index (χ3v) is 0.947. The highest BCUT2D eigenvalue weighted by Gasteiger charge is 2.34. The lowest BCUT2D eigenvalue weighted by Gasteiger charge is -2.22. The summed E-state index contributed by atoms with van der Waals surface area (Å²) in [5.41, 5.74) is 0. The molecule has 52 valence electrons. The number of aliphatic imine (C=N–C) groups is 1. The Hall–Kier alpha value is -0.650. The summed E-state index contributed by atoms with van der Waals surface area (Å²) in [4.78, 5) is 3.33. The van der Waals surface area contributed by atoms with Gasteiger partial charge in [-0.25, -0.2) is 4.99 Å². The van der Waals surface area contributed by atoms with E-state index in [0.717, 1.165) is 0 Å². The van der Waals surface area contributed by atoms with Crippen LogP contribution in [0.4, 0.5) is 0 Å². The molecule has 0 aromatic carbocycles. The minimum atomic E-state index is -2.56. The Kier molecular flexibility index (Phi) is 1.40. The van der Waals surface area contributed by atoms with Crippen LogP contribution in [0.5, 0.6) is 0 Å². The maximum absolute atomic E-state index is 8.60. The molecule has 0 radical (unpaired) electrons. The van der Waals surface area contributed by atoms with Crippen LogP contribution in [0.25, 0.3) is 0 Å². The van der Waals surface area contributed by atoms with Crippen LogP contribution in [0.2, 0.25) is 0 Å². The first-order valence-corrected chi connectivity index (χ1v) is 2.45. The van der Waals surface area contributed by atoms with Crippen LogP contribution in [0.15, 0.2) is 4.99 Å². The zero-order valence-electron chi connectivity index (χ0n) is 4.61. The highest BCUT2D eigenvalue weighted by molar-refractivity contribution is 5.79. The molecule has 1 heterocycles. The predicted octanol–water partition coefficient (Wildman–Crippen LogP) is -1.39. The molecule has 0 fully saturated rings. The zero-order valence-corrected chi connectivity index (χ0v) is 4.61. The van der Waals surface area contributed by atoms with Gasteiger partial charge >= 0.3 is 5.97 Å². The van der Waals surface area contributed by atoms with Gasteiger partial charge in [0, 0.05) is 0 Å². The van der Waals surface area contributed by atoms with E-state index in [2.05, 4.69) is 9.73 Å². The molecule has 3 N–H and O–H groups in total. The molecule has 5 nitrogen and oxygen atoms in total. The second kappa shape index (κ2) is 1.94. The van der Waals surface area contributed by atoms with E-state index in [0.29, 0.717) is 0 Å². The maximum atomic E-state index is 8.60. The monoisotopic (exact) mass is 133 g/mol. The molecule has 1 aliphatic rings. The van der Waals surface area contributed by atoms with Crippen LogP contribution < -0.4 is 0 Å². The van der Waals surface area contributed by atoms with E-state index in [1.165, 1.54) is 0 Å². The third-order valence-electron chi connectivity index (χ3n) is 0.947. The average Bonchev–Trinajstić information content (AvgIpc) is 1.77. The van der Waals surface area contributed by atoms with Crippen LogP contribution in [0.3, 0.4) is 0 Å². The minimum absolute atomic E-state index is 0.108. The van der Waals surface area contributed by atoms with Crippen molar-refractivity contribution in [3.63, 3.8) is 0 Å². The summed E-state index contributed by atoms with van der Waals surface area (Å²) in [6.45, 7) is 0.367. The van der Waals surface area contributed by atoms with Crippen LogP contribution >= 0.6 is 0 Å². The molecule has 0 aromatic rings. The summed E-state index contributed by atoms with van der Waals surface area (Å²) < 4.78 is 4.31. The van der Waals surface area contributed by atoms with Crippen molar-refractivity contribution in [2.24, 2.45) is 4.99 Å². The summed E-state index contributed by atoms with van der Waals surface area (Å²) in [6, 6.07) is 0. The molecule has 0 unspecified atom stereocenters. The Morgan fingerprint density at radius 1 is 1.56 bits per heavy atom. The Morgan fingerprint density at radius 2 is 2.22 bits per heavy atom. The fraction of sp³-hybridized carbons (Fsp3) is 0.750. The molecule has 0 saturated heterocycles. The molecule has 0 amide bonds. The lowest BCUT2D eigenvalue weighted by molar-refractivity contribution is -0.297. The van der Waals surface area contributed by atoms with Gasteiger partial charge < -0.3 is 20.1 Å². The molecular weight excluding hydrogens is 126 g/mol. The standard InChI is InChI=1S/C4H7NO4/c6-3-4(7,8)9-2-1-5-3/h7-8H,1-2H2,(H,5,6). The van der Waals surface area contributed by atoms with Gasteiger partial charge in [-0.1, -0.05) is 0 Å². The maximum Gasteiger partial charge on any atom is 0.359 e. The van der Waals surface area contributed by atoms with Crippen molar-refractivity contribution in [2.75, 3.05) is 13.2 Å². The molecule has 0 spiro atoms. The highest BCUT2D eigenvalue weighted by Crippen LogP contribution is 2.07. The quantitative estimate of drug-likeness (QED) is 0.355. The van der Waals surface area contributed by atoms with Gasteiger partial charge in [0.15, 0.2) is 0 Å². The molecule has 0 aromatic heterocycles. The lowest BCUT2D eigenvalue weighted by atomic mass is 10.5. The van der Waals surface area contributed by atoms with E-state index in [9.17, 15) is 0 Å². The molecule has 0 aliphatic carbocycles. The number of hydrogen-bond donors (Lipinski definition) is 3. The van der Waals surface area contributed by atoms with Gasteiger partial charge in [-0.3, -0.25) is 0 Å². The van der Waals surface area contributed by atoms with Crippen molar-refractivity contribution >= 4 is 5.90 Å². The van der Waals surface area contributed by atoms with Gasteiger partial charge in [-0.05, 0) is 0 Å². The highest BCUT2D eigenvalue weighted by atomic mass is 16.8. The fourth-order valence-corrected chi connectivity index (χ4v) is 0.507. The topological polar surface area (TPSA) is 82.3 Å². The van der Waals surface area contributed by atoms with Crippen LogP contribution in [-0.2, 0) is 4.74 Å². The van der Waals surface area contributed by atoms with E-state index in [1.54, 1.807) is 0 Å². The fourth-order valence-electron chi connectivity index (χ4n) is 0.507. The summed E-state index contributed by atoms with van der Waals surface area (Å²) in [6.07, 6.45) is 0. The van der Waals surface area contributed by atoms with E-state index in [1.807, 2.05) is 0 Å². The van der Waals surface area contributed by atoms with Gasteiger partial charge in [0.05, 0.1) is 13.2 Å². The molecule has 5 heteroatoms. The first-order chi connectivity index (χ1) is 4.13. The van der Waals surface area contributed by atoms with Gasteiger partial charge in [0.25, 0.3) is 5.90 Å². The number of ether oxygens (including phenoxy) is 1. The Bertz CT molecular complexity index is 142. The van der Waals surface area contributed by atoms with Gasteiger partial charge in [-0.15, -0.1) is 0 Å². The SMILES string of the molecule is OC1=NCCOC1(O)O. The molecular formula is C4H7NO4. The Morgan fingerprint density at radius 3 is 2.56 bits per heavy atom. The molecule has 0 saturated carbocycles. The molecule has 0 atom stereocenters. The van der Waals surface area contributed by atoms with Gasteiger partial charge in [-0.2, -0.15) is 0 Å². The minimum Gasteiger partial charge on any atom is -0.491 e. The average molecular weight is 133 g/mol. The van der Waals surface area contributed by atoms with E-state index < -0.39 is 11.9 Å². The number of nitrogens with zero attached hydrogens (tertiary/aromatic N) is 1. The number of aliphatic hydroxyl groups excluding tert-OH is 1. The summed E-state index contributed by atoms with van der Waals surface area (Å²) >= 11 is 0. The molecule has 9 heavy (non-hydrogen) atoms. The normalized spacial score (nSPS) is 25.3. The van der Waals surface area contributed by atoms with Crippen molar-refractivity contribution in [2.45, 2.75) is 5.97 Å². The lowest BCUT2D eigenvalue weighted by Crippen LogP contribution is -2.44. The van der Waals surface area contributed by atoms with E-state index in [-0.39, 0.29) is 13.2 Å². The number of hydrogen-bond acceptors (Lipinski definition) is 4. The summed E-state index contributed by atoms with van der Waals surface area (Å²) in [5, 5.41) is 25.8. The van der Waals surface area contributed by atoms with E-state index in [4.69, 9.17) is 15.3 Å². The van der Waals surface area contributed by atoms with Crippen molar-refractivity contribution in [1.82, 2.24) is 0 Å². The van der Waals surface area contributed by atoms with Crippen molar-refractivity contribution in [1.29, 1.82) is 0 Å². The molecule has 1 aliphatic heterocycles. The molecule has 0 bridgehead atoms. The molecule has 1 rings (SSSR count). The largest absolute Gasteiger partial charge is 0.491 e. The van der Waals surface area contributed by atoms with E-state index >= 15 is 0 Å². The zero-order chi connectivity index (χ0) is 6.91. The Labute approximate surface area is 51.2 Å². The predicted molar refractivity (Wildman–Crippen MR) is 28.1 cm³/mol. The van der Waals surface area contributed by atoms with Crippen LogP contribution in [-0.4, -0.2) is 40.3 Å². The van der Waals surface area contributed by atoms with Gasteiger partial charge in [0.1, 0.15) is 0 Å². The summed E-state index contributed by atoms with van der Waals surface area (Å²) in [5.74, 6) is -3.34. The van der Waals surface area contributed by atoms with Crippen LogP contribution in [0, 0.1) is 0 Å². The smallest absolute Gasteiger partial charge is 0.359 e.